The van der Waals surface area contributed by atoms with Gasteiger partial charge >= 0.3 is 0 Å². The van der Waals surface area contributed by atoms with Crippen molar-refractivity contribution >= 4 is 21.4 Å². The lowest BCUT2D eigenvalue weighted by molar-refractivity contribution is -0.111. The number of nitrogens with two attached hydrogens (primary N) is 1. The molecule has 0 aliphatic rings. The molecule has 0 saturated carbocycles. The molecule has 0 saturated heterocycles. The summed E-state index contributed by atoms with van der Waals surface area (Å²) in [5.74, 6) is -0.710. The molecule has 1 amide bonds. The van der Waals surface area contributed by atoms with E-state index in [-0.39, 0.29) is 22.9 Å². The molecule has 0 unspecified atom stereocenters. The number of carbonyl (C=O) groups is 1. The van der Waals surface area contributed by atoms with Gasteiger partial charge in [0.15, 0.2) is 9.84 Å². The lowest BCUT2D eigenvalue weighted by Crippen LogP contribution is -2.09. The standard InChI is InChI=1S/C11H14N2O4S/c1-18(16,17)8-4-5-10(14)9(7-8)13-11(15)3-2-6-12/h2-5,7,14H,6,12H2,1H3,(H,13,15)/b3-2+. The van der Waals surface area contributed by atoms with Gasteiger partial charge in [-0.05, 0) is 18.2 Å². The second-order valence-corrected chi connectivity index (χ2v) is 5.59. The maximum atomic E-state index is 11.4. The highest BCUT2D eigenvalue weighted by Crippen LogP contribution is 2.26. The highest BCUT2D eigenvalue weighted by molar-refractivity contribution is 7.90. The van der Waals surface area contributed by atoms with Crippen molar-refractivity contribution in [3.05, 3.63) is 30.4 Å². The fourth-order valence-corrected chi connectivity index (χ4v) is 1.84. The van der Waals surface area contributed by atoms with Gasteiger partial charge in [-0.1, -0.05) is 6.08 Å². The van der Waals surface area contributed by atoms with Gasteiger partial charge in [-0.3, -0.25) is 4.79 Å². The third-order valence-corrected chi connectivity index (χ3v) is 3.17. The number of sulfone groups is 1. The van der Waals surface area contributed by atoms with Gasteiger partial charge in [0.05, 0.1) is 10.6 Å². The molecule has 0 fully saturated rings. The Hall–Kier alpha value is -1.86. The van der Waals surface area contributed by atoms with Crippen molar-refractivity contribution in [2.75, 3.05) is 18.1 Å². The fourth-order valence-electron chi connectivity index (χ4n) is 1.20. The van der Waals surface area contributed by atoms with Gasteiger partial charge in [0, 0.05) is 18.9 Å². The summed E-state index contributed by atoms with van der Waals surface area (Å²) >= 11 is 0. The monoisotopic (exact) mass is 270 g/mol. The molecular weight excluding hydrogens is 256 g/mol. The molecule has 0 aromatic heterocycles. The first-order valence-corrected chi connectivity index (χ1v) is 6.94. The van der Waals surface area contributed by atoms with Gasteiger partial charge in [0.1, 0.15) is 5.75 Å². The largest absolute Gasteiger partial charge is 0.506 e. The molecule has 0 atom stereocenters. The van der Waals surface area contributed by atoms with Crippen LogP contribution in [0.15, 0.2) is 35.2 Å². The van der Waals surface area contributed by atoms with Crippen LogP contribution < -0.4 is 11.1 Å². The highest BCUT2D eigenvalue weighted by Gasteiger charge is 2.11. The lowest BCUT2D eigenvalue weighted by atomic mass is 10.3. The van der Waals surface area contributed by atoms with Crippen molar-refractivity contribution in [3.63, 3.8) is 0 Å². The van der Waals surface area contributed by atoms with E-state index in [4.69, 9.17) is 5.73 Å². The summed E-state index contributed by atoms with van der Waals surface area (Å²) in [6, 6.07) is 3.66. The van der Waals surface area contributed by atoms with Crippen LogP contribution in [0.1, 0.15) is 0 Å². The normalized spacial score (nSPS) is 11.7. The number of nitrogens with one attached hydrogen (secondary N) is 1. The SMILES string of the molecule is CS(=O)(=O)c1ccc(O)c(NC(=O)/C=C/CN)c1. The number of rotatable bonds is 4. The molecule has 7 heteroatoms. The zero-order chi connectivity index (χ0) is 13.8. The Balaban J connectivity index is 3.02. The van der Waals surface area contributed by atoms with Crippen LogP contribution in [0, 0.1) is 0 Å². The second-order valence-electron chi connectivity index (χ2n) is 3.58. The van der Waals surface area contributed by atoms with Crippen LogP contribution in [0.3, 0.4) is 0 Å². The Kier molecular flexibility index (Phi) is 4.46. The van der Waals surface area contributed by atoms with Crippen LogP contribution in [0.4, 0.5) is 5.69 Å². The summed E-state index contributed by atoms with van der Waals surface area (Å²) in [6.45, 7) is 0.211. The van der Waals surface area contributed by atoms with Gasteiger partial charge in [0.2, 0.25) is 5.91 Å². The van der Waals surface area contributed by atoms with E-state index in [0.717, 1.165) is 6.26 Å². The molecule has 0 aliphatic heterocycles. The maximum absolute atomic E-state index is 11.4. The molecule has 1 aromatic carbocycles. The van der Waals surface area contributed by atoms with Crippen molar-refractivity contribution < 1.29 is 18.3 Å². The minimum Gasteiger partial charge on any atom is -0.506 e. The molecule has 0 spiro atoms. The smallest absolute Gasteiger partial charge is 0.248 e. The molecule has 18 heavy (non-hydrogen) atoms. The first-order valence-electron chi connectivity index (χ1n) is 5.05. The third kappa shape index (κ3) is 3.86. The quantitative estimate of drug-likeness (QED) is 0.536. The lowest BCUT2D eigenvalue weighted by Gasteiger charge is -2.07. The molecule has 1 rings (SSSR count). The Labute approximate surface area is 105 Å². The summed E-state index contributed by atoms with van der Waals surface area (Å²) in [5, 5.41) is 11.9. The molecule has 98 valence electrons. The van der Waals surface area contributed by atoms with E-state index in [1.54, 1.807) is 0 Å². The number of hydrogen-bond acceptors (Lipinski definition) is 5. The molecule has 0 radical (unpaired) electrons. The number of benzene rings is 1. The molecular formula is C11H14N2O4S. The Morgan fingerprint density at radius 1 is 1.50 bits per heavy atom. The second kappa shape index (κ2) is 5.65. The van der Waals surface area contributed by atoms with Crippen molar-refractivity contribution in [1.29, 1.82) is 0 Å². The van der Waals surface area contributed by atoms with Gasteiger partial charge in [-0.25, -0.2) is 8.42 Å². The summed E-state index contributed by atoms with van der Waals surface area (Å²) in [7, 11) is -3.40. The number of hydrogen-bond donors (Lipinski definition) is 3. The predicted molar refractivity (Wildman–Crippen MR) is 68.0 cm³/mol. The van der Waals surface area contributed by atoms with Gasteiger partial charge in [-0.2, -0.15) is 0 Å². The van der Waals surface area contributed by atoms with E-state index >= 15 is 0 Å². The van der Waals surface area contributed by atoms with E-state index in [2.05, 4.69) is 5.32 Å². The van der Waals surface area contributed by atoms with Gasteiger partial charge in [-0.15, -0.1) is 0 Å². The number of phenols is 1. The molecule has 0 bridgehead atoms. The predicted octanol–water partition coefficient (Wildman–Crippen LogP) is 0.249. The van der Waals surface area contributed by atoms with E-state index in [1.165, 1.54) is 30.4 Å². The zero-order valence-electron chi connectivity index (χ0n) is 9.75. The van der Waals surface area contributed by atoms with Crippen molar-refractivity contribution in [3.8, 4) is 5.75 Å². The fraction of sp³-hybridized carbons (Fsp3) is 0.182. The minimum atomic E-state index is -3.40. The van der Waals surface area contributed by atoms with E-state index in [1.807, 2.05) is 0 Å². The highest BCUT2D eigenvalue weighted by atomic mass is 32.2. The average Bonchev–Trinajstić information content (AvgIpc) is 2.28. The first kappa shape index (κ1) is 14.2. The molecule has 6 nitrogen and oxygen atoms in total. The average molecular weight is 270 g/mol. The molecule has 1 aromatic rings. The zero-order valence-corrected chi connectivity index (χ0v) is 10.6. The molecule has 0 heterocycles. The van der Waals surface area contributed by atoms with E-state index < -0.39 is 15.7 Å². The number of phenolic OH excluding ortho intramolecular Hbond substituents is 1. The number of carbonyl (C=O) groups excluding carboxylic acids is 1. The van der Waals surface area contributed by atoms with Gasteiger partial charge in [0.25, 0.3) is 0 Å². The van der Waals surface area contributed by atoms with Crippen LogP contribution in [0.25, 0.3) is 0 Å². The third-order valence-electron chi connectivity index (χ3n) is 2.06. The Morgan fingerprint density at radius 3 is 2.72 bits per heavy atom. The van der Waals surface area contributed by atoms with E-state index in [0.29, 0.717) is 0 Å². The number of aromatic hydroxyl groups is 1. The number of anilines is 1. The Morgan fingerprint density at radius 2 is 2.17 bits per heavy atom. The summed E-state index contributed by atoms with van der Waals surface area (Å²) < 4.78 is 22.7. The van der Waals surface area contributed by atoms with Crippen molar-refractivity contribution in [2.24, 2.45) is 5.73 Å². The van der Waals surface area contributed by atoms with Crippen molar-refractivity contribution in [2.45, 2.75) is 4.90 Å². The molecule has 4 N–H and O–H groups in total. The van der Waals surface area contributed by atoms with Crippen LogP contribution in [-0.4, -0.2) is 32.2 Å². The summed E-state index contributed by atoms with van der Waals surface area (Å²) in [5.41, 5.74) is 5.22. The summed E-state index contributed by atoms with van der Waals surface area (Å²) in [4.78, 5) is 11.4. The van der Waals surface area contributed by atoms with Crippen LogP contribution in [0.5, 0.6) is 5.75 Å². The van der Waals surface area contributed by atoms with Crippen molar-refractivity contribution in [1.82, 2.24) is 0 Å². The summed E-state index contributed by atoms with van der Waals surface area (Å²) in [6.07, 6.45) is 3.68. The maximum Gasteiger partial charge on any atom is 0.248 e. The van der Waals surface area contributed by atoms with Crippen LogP contribution in [0.2, 0.25) is 0 Å². The minimum absolute atomic E-state index is 0.0124. The van der Waals surface area contributed by atoms with Crippen LogP contribution in [-0.2, 0) is 14.6 Å². The first-order chi connectivity index (χ1) is 8.34. The van der Waals surface area contributed by atoms with E-state index in [9.17, 15) is 18.3 Å². The Bertz CT molecular complexity index is 579. The number of amides is 1. The molecule has 0 aliphatic carbocycles. The van der Waals surface area contributed by atoms with Crippen LogP contribution >= 0.6 is 0 Å². The van der Waals surface area contributed by atoms with Gasteiger partial charge < -0.3 is 16.2 Å². The topological polar surface area (TPSA) is 109 Å².